The van der Waals surface area contributed by atoms with Crippen LogP contribution in [0.4, 0.5) is 8.78 Å². The van der Waals surface area contributed by atoms with Crippen molar-refractivity contribution in [1.82, 2.24) is 4.90 Å². The first-order valence-electron chi connectivity index (χ1n) is 5.95. The zero-order valence-corrected chi connectivity index (χ0v) is 12.6. The minimum atomic E-state index is -0.790. The van der Waals surface area contributed by atoms with Crippen LogP contribution in [0, 0.1) is 15.2 Å². The Labute approximate surface area is 120 Å². The van der Waals surface area contributed by atoms with Crippen molar-refractivity contribution < 1.29 is 13.6 Å². The van der Waals surface area contributed by atoms with Gasteiger partial charge in [0.2, 0.25) is 0 Å². The Kier molecular flexibility index (Phi) is 5.98. The Hall–Kier alpha value is -0.720. The van der Waals surface area contributed by atoms with Gasteiger partial charge in [-0.05, 0) is 41.5 Å². The third-order valence-electron chi connectivity index (χ3n) is 2.50. The number of carbonyl (C=O) groups is 1. The molecule has 0 spiro atoms. The summed E-state index contributed by atoms with van der Waals surface area (Å²) in [5.74, 6) is -1.81. The summed E-state index contributed by atoms with van der Waals surface area (Å²) >= 11 is 1.79. The van der Waals surface area contributed by atoms with Gasteiger partial charge < -0.3 is 4.90 Å². The molecule has 5 heteroatoms. The lowest BCUT2D eigenvalue weighted by Gasteiger charge is -2.22. The number of benzene rings is 1. The normalized spacial score (nSPS) is 10.5. The molecule has 0 unspecified atom stereocenters. The van der Waals surface area contributed by atoms with E-state index in [9.17, 15) is 13.6 Å². The highest BCUT2D eigenvalue weighted by atomic mass is 127. The molecule has 0 aromatic heterocycles. The highest BCUT2D eigenvalue weighted by Gasteiger charge is 2.21. The minimum Gasteiger partial charge on any atom is -0.339 e. The molecule has 0 aliphatic heterocycles. The van der Waals surface area contributed by atoms with Crippen LogP contribution in [0.5, 0.6) is 0 Å². The molecule has 100 valence electrons. The van der Waals surface area contributed by atoms with E-state index in [0.29, 0.717) is 16.7 Å². The largest absolute Gasteiger partial charge is 0.339 e. The summed E-state index contributed by atoms with van der Waals surface area (Å²) in [6.07, 6.45) is 1.62. The summed E-state index contributed by atoms with van der Waals surface area (Å²) in [6.45, 7) is 5.09. The fourth-order valence-electron chi connectivity index (χ4n) is 1.76. The van der Waals surface area contributed by atoms with Crippen LogP contribution in [0.1, 0.15) is 37.0 Å². The van der Waals surface area contributed by atoms with Crippen molar-refractivity contribution in [3.63, 3.8) is 0 Å². The summed E-state index contributed by atoms with van der Waals surface area (Å²) in [5, 5.41) is 0. The molecule has 1 aromatic carbocycles. The van der Waals surface area contributed by atoms with Gasteiger partial charge in [-0.3, -0.25) is 4.79 Å². The van der Waals surface area contributed by atoms with Gasteiger partial charge >= 0.3 is 0 Å². The topological polar surface area (TPSA) is 20.3 Å². The Morgan fingerprint density at radius 2 is 1.78 bits per heavy atom. The fraction of sp³-hybridized carbons (Fsp3) is 0.462. The summed E-state index contributed by atoms with van der Waals surface area (Å²) in [4.78, 5) is 13.8. The molecule has 0 N–H and O–H groups in total. The smallest absolute Gasteiger partial charge is 0.257 e. The average Bonchev–Trinajstić information content (AvgIpc) is 2.27. The van der Waals surface area contributed by atoms with E-state index in [2.05, 4.69) is 0 Å². The second-order valence-electron chi connectivity index (χ2n) is 4.04. The SMILES string of the molecule is CCCN(CCC)C(=O)c1c(F)cc(F)cc1I. The van der Waals surface area contributed by atoms with E-state index in [1.54, 1.807) is 27.5 Å². The number of nitrogens with zero attached hydrogens (tertiary/aromatic N) is 1. The summed E-state index contributed by atoms with van der Waals surface area (Å²) < 4.78 is 27.0. The zero-order valence-electron chi connectivity index (χ0n) is 10.5. The molecule has 0 radical (unpaired) electrons. The van der Waals surface area contributed by atoms with Crippen molar-refractivity contribution in [2.75, 3.05) is 13.1 Å². The van der Waals surface area contributed by atoms with Crippen LogP contribution in [-0.2, 0) is 0 Å². The maximum Gasteiger partial charge on any atom is 0.257 e. The molecule has 1 aromatic rings. The molecule has 0 aliphatic carbocycles. The molecule has 18 heavy (non-hydrogen) atoms. The van der Waals surface area contributed by atoms with Gasteiger partial charge in [-0.2, -0.15) is 0 Å². The van der Waals surface area contributed by atoms with Gasteiger partial charge in [-0.15, -0.1) is 0 Å². The molecule has 2 nitrogen and oxygen atoms in total. The fourth-order valence-corrected chi connectivity index (χ4v) is 2.55. The predicted molar refractivity (Wildman–Crippen MR) is 75.6 cm³/mol. The van der Waals surface area contributed by atoms with Crippen LogP contribution in [-0.4, -0.2) is 23.9 Å². The number of hydrogen-bond donors (Lipinski definition) is 0. The van der Waals surface area contributed by atoms with Crippen molar-refractivity contribution in [3.05, 3.63) is 32.9 Å². The van der Waals surface area contributed by atoms with E-state index < -0.39 is 11.6 Å². The summed E-state index contributed by atoms with van der Waals surface area (Å²) in [7, 11) is 0. The highest BCUT2D eigenvalue weighted by Crippen LogP contribution is 2.20. The molecular formula is C13H16F2INO. The van der Waals surface area contributed by atoms with Crippen molar-refractivity contribution in [2.24, 2.45) is 0 Å². The molecule has 0 bridgehead atoms. The number of hydrogen-bond acceptors (Lipinski definition) is 1. The Bertz CT molecular complexity index is 408. The lowest BCUT2D eigenvalue weighted by molar-refractivity contribution is 0.0749. The second kappa shape index (κ2) is 7.01. The van der Waals surface area contributed by atoms with E-state index in [4.69, 9.17) is 0 Å². The Morgan fingerprint density at radius 1 is 1.22 bits per heavy atom. The number of halogens is 3. The Morgan fingerprint density at radius 3 is 2.22 bits per heavy atom. The van der Waals surface area contributed by atoms with Crippen LogP contribution in [0.15, 0.2) is 12.1 Å². The number of amides is 1. The lowest BCUT2D eigenvalue weighted by Crippen LogP contribution is -2.33. The van der Waals surface area contributed by atoms with Crippen molar-refractivity contribution in [2.45, 2.75) is 26.7 Å². The molecule has 0 atom stereocenters. The molecule has 0 aliphatic rings. The van der Waals surface area contributed by atoms with Crippen LogP contribution >= 0.6 is 22.6 Å². The first-order valence-corrected chi connectivity index (χ1v) is 7.02. The highest BCUT2D eigenvalue weighted by molar-refractivity contribution is 14.1. The average molecular weight is 367 g/mol. The van der Waals surface area contributed by atoms with Gasteiger partial charge in [0, 0.05) is 22.7 Å². The standard InChI is InChI=1S/C13H16F2INO/c1-3-5-17(6-4-2)13(18)12-10(15)7-9(14)8-11(12)16/h7-8H,3-6H2,1-2H3. The molecular weight excluding hydrogens is 351 g/mol. The van der Waals surface area contributed by atoms with Crippen molar-refractivity contribution in [3.8, 4) is 0 Å². The van der Waals surface area contributed by atoms with Crippen LogP contribution < -0.4 is 0 Å². The van der Waals surface area contributed by atoms with Gasteiger partial charge in [-0.25, -0.2) is 8.78 Å². The van der Waals surface area contributed by atoms with Crippen molar-refractivity contribution in [1.29, 1.82) is 0 Å². The van der Waals surface area contributed by atoms with Crippen molar-refractivity contribution >= 4 is 28.5 Å². The first-order chi connectivity index (χ1) is 8.51. The monoisotopic (exact) mass is 367 g/mol. The molecule has 0 fully saturated rings. The molecule has 1 amide bonds. The maximum absolute atomic E-state index is 13.7. The number of rotatable bonds is 5. The van der Waals surface area contributed by atoms with Crippen LogP contribution in [0.25, 0.3) is 0 Å². The van der Waals surface area contributed by atoms with Gasteiger partial charge in [0.05, 0.1) is 5.56 Å². The molecule has 0 saturated carbocycles. The van der Waals surface area contributed by atoms with E-state index >= 15 is 0 Å². The third-order valence-corrected chi connectivity index (χ3v) is 3.35. The molecule has 0 saturated heterocycles. The van der Waals surface area contributed by atoms with Gasteiger partial charge in [0.15, 0.2) is 0 Å². The zero-order chi connectivity index (χ0) is 13.7. The van der Waals surface area contributed by atoms with Crippen LogP contribution in [0.2, 0.25) is 0 Å². The second-order valence-corrected chi connectivity index (χ2v) is 5.20. The van der Waals surface area contributed by atoms with Gasteiger partial charge in [-0.1, -0.05) is 13.8 Å². The van der Waals surface area contributed by atoms with E-state index in [1.165, 1.54) is 6.07 Å². The molecule has 1 rings (SSSR count). The summed E-state index contributed by atoms with van der Waals surface area (Å²) in [6, 6.07) is 1.93. The Balaban J connectivity index is 3.08. The van der Waals surface area contributed by atoms with E-state index in [0.717, 1.165) is 18.9 Å². The maximum atomic E-state index is 13.7. The van der Waals surface area contributed by atoms with E-state index in [1.807, 2.05) is 13.8 Å². The van der Waals surface area contributed by atoms with Gasteiger partial charge in [0.25, 0.3) is 5.91 Å². The lowest BCUT2D eigenvalue weighted by atomic mass is 10.1. The third kappa shape index (κ3) is 3.63. The first kappa shape index (κ1) is 15.3. The van der Waals surface area contributed by atoms with E-state index in [-0.39, 0.29) is 11.5 Å². The number of carbonyl (C=O) groups excluding carboxylic acids is 1. The van der Waals surface area contributed by atoms with Gasteiger partial charge in [0.1, 0.15) is 11.6 Å². The minimum absolute atomic E-state index is 0.0288. The quantitative estimate of drug-likeness (QED) is 0.725. The summed E-state index contributed by atoms with van der Waals surface area (Å²) in [5.41, 5.74) is -0.0288. The van der Waals surface area contributed by atoms with Crippen LogP contribution in [0.3, 0.4) is 0 Å². The molecule has 0 heterocycles. The predicted octanol–water partition coefficient (Wildman–Crippen LogP) is 3.83.